The first-order valence-corrected chi connectivity index (χ1v) is 8.69. The van der Waals surface area contributed by atoms with E-state index in [4.69, 9.17) is 4.74 Å². The normalized spacial score (nSPS) is 24.7. The van der Waals surface area contributed by atoms with Crippen molar-refractivity contribution in [3.63, 3.8) is 0 Å². The molecule has 4 nitrogen and oxygen atoms in total. The smallest absolute Gasteiger partial charge is 0.233 e. The molecule has 0 unspecified atom stereocenters. The molecular formula is C19H27NO3. The highest BCUT2D eigenvalue weighted by atomic mass is 16.5. The van der Waals surface area contributed by atoms with Crippen molar-refractivity contribution in [2.24, 2.45) is 5.92 Å². The molecule has 2 atom stereocenters. The summed E-state index contributed by atoms with van der Waals surface area (Å²) in [4.78, 5) is 15.3. The van der Waals surface area contributed by atoms with Gasteiger partial charge in [-0.25, -0.2) is 0 Å². The van der Waals surface area contributed by atoms with Gasteiger partial charge in [0.1, 0.15) is 5.75 Å². The van der Waals surface area contributed by atoms with Crippen LogP contribution < -0.4 is 4.74 Å². The monoisotopic (exact) mass is 317 g/mol. The van der Waals surface area contributed by atoms with Crippen LogP contribution in [-0.2, 0) is 10.2 Å². The highest BCUT2D eigenvalue weighted by Crippen LogP contribution is 2.44. The Morgan fingerprint density at radius 2 is 2.13 bits per heavy atom. The van der Waals surface area contributed by atoms with Crippen LogP contribution in [0.15, 0.2) is 24.3 Å². The van der Waals surface area contributed by atoms with Crippen molar-refractivity contribution in [1.82, 2.24) is 4.90 Å². The molecule has 1 aliphatic heterocycles. The van der Waals surface area contributed by atoms with E-state index in [0.29, 0.717) is 6.54 Å². The number of benzene rings is 1. The van der Waals surface area contributed by atoms with Crippen LogP contribution >= 0.6 is 0 Å². The second-order valence-corrected chi connectivity index (χ2v) is 7.06. The largest absolute Gasteiger partial charge is 0.497 e. The quantitative estimate of drug-likeness (QED) is 0.929. The van der Waals surface area contributed by atoms with Crippen LogP contribution in [0.1, 0.15) is 44.6 Å². The van der Waals surface area contributed by atoms with E-state index in [-0.39, 0.29) is 17.9 Å². The Labute approximate surface area is 138 Å². The van der Waals surface area contributed by atoms with Gasteiger partial charge in [-0.1, -0.05) is 25.0 Å². The van der Waals surface area contributed by atoms with Gasteiger partial charge in [0.2, 0.25) is 5.91 Å². The average molecular weight is 317 g/mol. The summed E-state index contributed by atoms with van der Waals surface area (Å²) in [5, 5.41) is 9.81. The van der Waals surface area contributed by atoms with E-state index < -0.39 is 5.41 Å². The molecule has 0 radical (unpaired) electrons. The molecule has 1 saturated heterocycles. The highest BCUT2D eigenvalue weighted by molar-refractivity contribution is 5.89. The minimum absolute atomic E-state index is 0.211. The number of nitrogens with zero attached hydrogens (tertiary/aromatic N) is 1. The zero-order valence-electron chi connectivity index (χ0n) is 14.1. The molecule has 1 aromatic rings. The fourth-order valence-corrected chi connectivity index (χ4v) is 4.19. The molecule has 126 valence electrons. The van der Waals surface area contributed by atoms with Gasteiger partial charge in [-0.05, 0) is 43.9 Å². The van der Waals surface area contributed by atoms with Crippen LogP contribution in [0.3, 0.4) is 0 Å². The third-order valence-corrected chi connectivity index (χ3v) is 5.68. The molecule has 1 heterocycles. The van der Waals surface area contributed by atoms with E-state index >= 15 is 0 Å². The van der Waals surface area contributed by atoms with E-state index in [1.54, 1.807) is 7.11 Å². The molecule has 23 heavy (non-hydrogen) atoms. The Bertz CT molecular complexity index is 563. The number of rotatable bonds is 4. The van der Waals surface area contributed by atoms with Crippen LogP contribution in [0.5, 0.6) is 5.75 Å². The summed E-state index contributed by atoms with van der Waals surface area (Å²) in [6.45, 7) is 3.27. The van der Waals surface area contributed by atoms with Crippen LogP contribution in [0.4, 0.5) is 0 Å². The first-order valence-electron chi connectivity index (χ1n) is 8.69. The van der Waals surface area contributed by atoms with Crippen molar-refractivity contribution in [2.45, 2.75) is 50.5 Å². The summed E-state index contributed by atoms with van der Waals surface area (Å²) >= 11 is 0. The number of methoxy groups -OCH3 is 1. The predicted octanol–water partition coefficient (Wildman–Crippen LogP) is 2.74. The van der Waals surface area contributed by atoms with Crippen LogP contribution in [-0.4, -0.2) is 42.2 Å². The maximum absolute atomic E-state index is 13.3. The zero-order valence-corrected chi connectivity index (χ0v) is 14.1. The molecule has 4 heteroatoms. The van der Waals surface area contributed by atoms with E-state index in [9.17, 15) is 9.90 Å². The average Bonchev–Trinajstić information content (AvgIpc) is 3.24. The maximum Gasteiger partial charge on any atom is 0.233 e. The standard InChI is InChI=1S/C19H27NO3/c1-14(21)15-8-11-20(13-15)18(22)19(9-3-4-10-19)16-6-5-7-17(12-16)23-2/h5-7,12,14-15,21H,3-4,8-11,13H2,1-2H3/t14-,15+/m1/s1. The zero-order chi connectivity index (χ0) is 16.4. The summed E-state index contributed by atoms with van der Waals surface area (Å²) in [6.07, 6.45) is 4.57. The number of ether oxygens (including phenoxy) is 1. The predicted molar refractivity (Wildman–Crippen MR) is 89.5 cm³/mol. The molecule has 1 aliphatic carbocycles. The highest BCUT2D eigenvalue weighted by Gasteiger charge is 2.46. The van der Waals surface area contributed by atoms with E-state index in [1.807, 2.05) is 30.0 Å². The molecule has 2 aliphatic rings. The van der Waals surface area contributed by atoms with Crippen molar-refractivity contribution in [2.75, 3.05) is 20.2 Å². The van der Waals surface area contributed by atoms with Gasteiger partial charge in [-0.3, -0.25) is 4.79 Å². The third kappa shape index (κ3) is 2.97. The van der Waals surface area contributed by atoms with Crippen molar-refractivity contribution in [1.29, 1.82) is 0 Å². The lowest BCUT2D eigenvalue weighted by atomic mass is 9.77. The summed E-state index contributed by atoms with van der Waals surface area (Å²) < 4.78 is 5.36. The second-order valence-electron chi connectivity index (χ2n) is 7.06. The number of aliphatic hydroxyl groups is 1. The summed E-state index contributed by atoms with van der Waals surface area (Å²) in [6, 6.07) is 7.99. The van der Waals surface area contributed by atoms with Crippen LogP contribution in [0, 0.1) is 5.92 Å². The Hall–Kier alpha value is -1.55. The molecule has 0 bridgehead atoms. The Morgan fingerprint density at radius 1 is 1.39 bits per heavy atom. The number of likely N-dealkylation sites (tertiary alicyclic amines) is 1. The summed E-state index contributed by atoms with van der Waals surface area (Å²) in [5.74, 6) is 1.26. The SMILES string of the molecule is COc1cccc(C2(C(=O)N3CC[C@H]([C@@H](C)O)C3)CCCC2)c1. The minimum Gasteiger partial charge on any atom is -0.497 e. The van der Waals surface area contributed by atoms with Gasteiger partial charge in [0.25, 0.3) is 0 Å². The lowest BCUT2D eigenvalue weighted by Gasteiger charge is -2.33. The molecule has 1 aromatic carbocycles. The second kappa shape index (κ2) is 6.52. The Kier molecular flexibility index (Phi) is 4.62. The number of amides is 1. The van der Waals surface area contributed by atoms with Crippen molar-refractivity contribution >= 4 is 5.91 Å². The molecule has 3 rings (SSSR count). The summed E-state index contributed by atoms with van der Waals surface area (Å²) in [7, 11) is 1.66. The Balaban J connectivity index is 1.87. The van der Waals surface area contributed by atoms with Gasteiger partial charge in [-0.15, -0.1) is 0 Å². The fraction of sp³-hybridized carbons (Fsp3) is 0.632. The van der Waals surface area contributed by atoms with Gasteiger partial charge < -0.3 is 14.7 Å². The summed E-state index contributed by atoms with van der Waals surface area (Å²) in [5.41, 5.74) is 0.683. The van der Waals surface area contributed by atoms with Gasteiger partial charge in [-0.2, -0.15) is 0 Å². The number of aliphatic hydroxyl groups excluding tert-OH is 1. The van der Waals surface area contributed by atoms with Crippen molar-refractivity contribution in [3.05, 3.63) is 29.8 Å². The van der Waals surface area contributed by atoms with E-state index in [0.717, 1.165) is 50.0 Å². The van der Waals surface area contributed by atoms with Crippen LogP contribution in [0.2, 0.25) is 0 Å². The molecule has 1 amide bonds. The third-order valence-electron chi connectivity index (χ3n) is 5.68. The first kappa shape index (κ1) is 16.3. The van der Waals surface area contributed by atoms with Crippen molar-refractivity contribution in [3.8, 4) is 5.75 Å². The number of hydrogen-bond acceptors (Lipinski definition) is 3. The van der Waals surface area contributed by atoms with Gasteiger partial charge in [0.05, 0.1) is 18.6 Å². The maximum atomic E-state index is 13.3. The Morgan fingerprint density at radius 3 is 2.74 bits per heavy atom. The number of hydrogen-bond donors (Lipinski definition) is 1. The molecular weight excluding hydrogens is 290 g/mol. The molecule has 2 fully saturated rings. The molecule has 0 spiro atoms. The lowest BCUT2D eigenvalue weighted by Crippen LogP contribution is -2.44. The van der Waals surface area contributed by atoms with Gasteiger partial charge in [0, 0.05) is 19.0 Å². The lowest BCUT2D eigenvalue weighted by molar-refractivity contribution is -0.136. The topological polar surface area (TPSA) is 49.8 Å². The minimum atomic E-state index is -0.401. The molecule has 1 N–H and O–H groups in total. The first-order chi connectivity index (χ1) is 11.1. The fourth-order valence-electron chi connectivity index (χ4n) is 4.19. The van der Waals surface area contributed by atoms with E-state index in [2.05, 4.69) is 6.07 Å². The van der Waals surface area contributed by atoms with Gasteiger partial charge in [0.15, 0.2) is 0 Å². The molecule has 1 saturated carbocycles. The number of carbonyl (C=O) groups excluding carboxylic acids is 1. The molecule has 0 aromatic heterocycles. The number of carbonyl (C=O) groups is 1. The van der Waals surface area contributed by atoms with E-state index in [1.165, 1.54) is 0 Å². The van der Waals surface area contributed by atoms with Crippen LogP contribution in [0.25, 0.3) is 0 Å². The van der Waals surface area contributed by atoms with Crippen molar-refractivity contribution < 1.29 is 14.6 Å². The van der Waals surface area contributed by atoms with Gasteiger partial charge >= 0.3 is 0 Å².